The molecule has 8 nitrogen and oxygen atoms in total. The maximum absolute atomic E-state index is 6.22. The van der Waals surface area contributed by atoms with Gasteiger partial charge in [0.05, 0.1) is 29.1 Å². The standard InChI is InChI=1S/C18H16N6O2S/c1-2-13(23-18-16-14(4-6-27-16)19-9-20-18)15(26-12-3-5-25-8-12)7-11(1)17-21-10-22-24-17/h1-2,4,6-7,9-10,12H,3,5,8H2,(H,19,20,23)(H,21,22,24). The Morgan fingerprint density at radius 1 is 1.19 bits per heavy atom. The SMILES string of the molecule is c1n[nH]c(-c2ccc(Nc3ncnc4ccsc34)c(OC3CCOC3)c2)n1. The number of nitrogens with zero attached hydrogens (tertiary/aromatic N) is 4. The van der Waals surface area contributed by atoms with E-state index >= 15 is 0 Å². The van der Waals surface area contributed by atoms with E-state index in [2.05, 4.69) is 30.5 Å². The second kappa shape index (κ2) is 6.93. The van der Waals surface area contributed by atoms with Crippen LogP contribution in [0.1, 0.15) is 6.42 Å². The number of nitrogens with one attached hydrogen (secondary N) is 2. The van der Waals surface area contributed by atoms with E-state index in [-0.39, 0.29) is 6.10 Å². The second-order valence-electron chi connectivity index (χ2n) is 6.13. The Balaban J connectivity index is 1.52. The van der Waals surface area contributed by atoms with Crippen molar-refractivity contribution in [1.29, 1.82) is 0 Å². The van der Waals surface area contributed by atoms with Gasteiger partial charge >= 0.3 is 0 Å². The number of ether oxygens (including phenoxy) is 2. The Hall–Kier alpha value is -3.04. The largest absolute Gasteiger partial charge is 0.486 e. The van der Waals surface area contributed by atoms with E-state index in [9.17, 15) is 0 Å². The predicted molar refractivity (Wildman–Crippen MR) is 102 cm³/mol. The van der Waals surface area contributed by atoms with Crippen molar-refractivity contribution in [3.05, 3.63) is 42.3 Å². The molecule has 1 saturated heterocycles. The fourth-order valence-electron chi connectivity index (χ4n) is 3.01. The van der Waals surface area contributed by atoms with Gasteiger partial charge in [0.2, 0.25) is 0 Å². The molecule has 4 heterocycles. The topological polar surface area (TPSA) is 97.8 Å². The second-order valence-corrected chi connectivity index (χ2v) is 7.05. The Morgan fingerprint density at radius 3 is 3.04 bits per heavy atom. The van der Waals surface area contributed by atoms with Crippen molar-refractivity contribution in [3.63, 3.8) is 0 Å². The summed E-state index contributed by atoms with van der Waals surface area (Å²) < 4.78 is 12.7. The molecular formula is C18H16N6O2S. The van der Waals surface area contributed by atoms with Crippen LogP contribution in [0.5, 0.6) is 5.75 Å². The van der Waals surface area contributed by atoms with Gasteiger partial charge in [0, 0.05) is 12.0 Å². The molecule has 2 N–H and O–H groups in total. The number of aromatic nitrogens is 5. The monoisotopic (exact) mass is 380 g/mol. The van der Waals surface area contributed by atoms with Gasteiger partial charge in [-0.05, 0) is 29.6 Å². The van der Waals surface area contributed by atoms with E-state index in [1.54, 1.807) is 17.7 Å². The lowest BCUT2D eigenvalue weighted by Gasteiger charge is -2.17. The lowest BCUT2D eigenvalue weighted by Crippen LogP contribution is -2.16. The molecule has 0 spiro atoms. The van der Waals surface area contributed by atoms with Crippen LogP contribution in [0.3, 0.4) is 0 Å². The van der Waals surface area contributed by atoms with Gasteiger partial charge in [-0.2, -0.15) is 5.10 Å². The van der Waals surface area contributed by atoms with E-state index in [0.717, 1.165) is 46.1 Å². The van der Waals surface area contributed by atoms with Crippen LogP contribution in [0.25, 0.3) is 21.6 Å². The first-order chi connectivity index (χ1) is 13.4. The lowest BCUT2D eigenvalue weighted by atomic mass is 10.1. The minimum atomic E-state index is 0.0303. The van der Waals surface area contributed by atoms with Gasteiger partial charge in [-0.3, -0.25) is 5.10 Å². The summed E-state index contributed by atoms with van der Waals surface area (Å²) in [6.45, 7) is 1.31. The number of rotatable bonds is 5. The van der Waals surface area contributed by atoms with Gasteiger partial charge in [-0.15, -0.1) is 11.3 Å². The number of H-pyrrole nitrogens is 1. The third-order valence-corrected chi connectivity index (χ3v) is 5.26. The zero-order chi connectivity index (χ0) is 18.1. The fraction of sp³-hybridized carbons (Fsp3) is 0.222. The van der Waals surface area contributed by atoms with Crippen LogP contribution < -0.4 is 10.1 Å². The van der Waals surface area contributed by atoms with E-state index in [1.807, 2.05) is 29.6 Å². The highest BCUT2D eigenvalue weighted by Crippen LogP contribution is 2.35. The molecule has 1 aromatic carbocycles. The third-order valence-electron chi connectivity index (χ3n) is 4.35. The van der Waals surface area contributed by atoms with Crippen LogP contribution in [0.15, 0.2) is 42.3 Å². The van der Waals surface area contributed by atoms with Crippen molar-refractivity contribution in [2.24, 2.45) is 0 Å². The molecule has 136 valence electrons. The van der Waals surface area contributed by atoms with Crippen molar-refractivity contribution < 1.29 is 9.47 Å². The molecule has 1 aliphatic rings. The quantitative estimate of drug-likeness (QED) is 0.548. The molecular weight excluding hydrogens is 364 g/mol. The number of aromatic amines is 1. The highest BCUT2D eigenvalue weighted by atomic mass is 32.1. The average Bonchev–Trinajstić information content (AvgIpc) is 3.46. The van der Waals surface area contributed by atoms with Crippen molar-refractivity contribution in [2.45, 2.75) is 12.5 Å². The number of anilines is 2. The highest BCUT2D eigenvalue weighted by molar-refractivity contribution is 7.17. The van der Waals surface area contributed by atoms with E-state index < -0.39 is 0 Å². The van der Waals surface area contributed by atoms with Crippen LogP contribution in [0.4, 0.5) is 11.5 Å². The van der Waals surface area contributed by atoms with E-state index in [4.69, 9.17) is 9.47 Å². The first-order valence-electron chi connectivity index (χ1n) is 8.56. The molecule has 1 aliphatic heterocycles. The van der Waals surface area contributed by atoms with Crippen LogP contribution in [0.2, 0.25) is 0 Å². The van der Waals surface area contributed by atoms with Gasteiger partial charge in [-0.25, -0.2) is 15.0 Å². The van der Waals surface area contributed by atoms with Crippen molar-refractivity contribution in [3.8, 4) is 17.1 Å². The predicted octanol–water partition coefficient (Wildman–Crippen LogP) is 3.39. The molecule has 5 rings (SSSR count). The number of fused-ring (bicyclic) bond motifs is 1. The Bertz CT molecular complexity index is 1060. The molecule has 0 amide bonds. The highest BCUT2D eigenvalue weighted by Gasteiger charge is 2.20. The summed E-state index contributed by atoms with van der Waals surface area (Å²) in [5.74, 6) is 2.18. The molecule has 1 fully saturated rings. The summed E-state index contributed by atoms with van der Waals surface area (Å²) in [5.41, 5.74) is 2.65. The van der Waals surface area contributed by atoms with Gasteiger partial charge in [0.1, 0.15) is 24.5 Å². The molecule has 1 unspecified atom stereocenters. The number of hydrogen-bond donors (Lipinski definition) is 2. The smallest absolute Gasteiger partial charge is 0.155 e. The van der Waals surface area contributed by atoms with Crippen LogP contribution in [-0.4, -0.2) is 44.5 Å². The normalized spacial score (nSPS) is 16.7. The van der Waals surface area contributed by atoms with Crippen molar-refractivity contribution >= 4 is 33.1 Å². The fourth-order valence-corrected chi connectivity index (χ4v) is 3.80. The Labute approximate surface area is 158 Å². The minimum Gasteiger partial charge on any atom is -0.486 e. The van der Waals surface area contributed by atoms with Gasteiger partial charge in [0.15, 0.2) is 11.6 Å². The summed E-state index contributed by atoms with van der Waals surface area (Å²) >= 11 is 1.60. The summed E-state index contributed by atoms with van der Waals surface area (Å²) in [6, 6.07) is 7.86. The summed E-state index contributed by atoms with van der Waals surface area (Å²) in [5, 5.41) is 12.2. The Morgan fingerprint density at radius 2 is 2.19 bits per heavy atom. The molecule has 0 saturated carbocycles. The maximum atomic E-state index is 6.22. The van der Waals surface area contributed by atoms with Crippen LogP contribution >= 0.6 is 11.3 Å². The van der Waals surface area contributed by atoms with Crippen molar-refractivity contribution in [2.75, 3.05) is 18.5 Å². The average molecular weight is 380 g/mol. The molecule has 3 aromatic heterocycles. The third kappa shape index (κ3) is 3.22. The van der Waals surface area contributed by atoms with Crippen LogP contribution in [-0.2, 0) is 4.74 Å². The molecule has 0 aliphatic carbocycles. The summed E-state index contributed by atoms with van der Waals surface area (Å²) in [6.07, 6.45) is 3.95. The molecule has 4 aromatic rings. The van der Waals surface area contributed by atoms with Gasteiger partial charge < -0.3 is 14.8 Å². The lowest BCUT2D eigenvalue weighted by molar-refractivity contribution is 0.142. The number of benzene rings is 1. The Kier molecular flexibility index (Phi) is 4.15. The molecule has 1 atom stereocenters. The van der Waals surface area contributed by atoms with Crippen LogP contribution in [0, 0.1) is 0 Å². The molecule has 0 radical (unpaired) electrons. The first-order valence-corrected chi connectivity index (χ1v) is 9.44. The number of hydrogen-bond acceptors (Lipinski definition) is 8. The zero-order valence-corrected chi connectivity index (χ0v) is 15.1. The van der Waals surface area contributed by atoms with E-state index in [0.29, 0.717) is 12.4 Å². The molecule has 9 heteroatoms. The van der Waals surface area contributed by atoms with Crippen molar-refractivity contribution in [1.82, 2.24) is 25.1 Å². The number of thiophene rings is 1. The van der Waals surface area contributed by atoms with Gasteiger partial charge in [-0.1, -0.05) is 0 Å². The minimum absolute atomic E-state index is 0.0303. The summed E-state index contributed by atoms with van der Waals surface area (Å²) in [4.78, 5) is 12.9. The zero-order valence-electron chi connectivity index (χ0n) is 14.3. The molecule has 27 heavy (non-hydrogen) atoms. The molecule has 0 bridgehead atoms. The first kappa shape index (κ1) is 16.2. The van der Waals surface area contributed by atoms with E-state index in [1.165, 1.54) is 6.33 Å². The van der Waals surface area contributed by atoms with Gasteiger partial charge in [0.25, 0.3) is 0 Å². The summed E-state index contributed by atoms with van der Waals surface area (Å²) in [7, 11) is 0. The maximum Gasteiger partial charge on any atom is 0.155 e.